The summed E-state index contributed by atoms with van der Waals surface area (Å²) < 4.78 is 77.0. The van der Waals surface area contributed by atoms with E-state index in [0.717, 1.165) is 0 Å². The highest BCUT2D eigenvalue weighted by molar-refractivity contribution is 6.30. The minimum absolute atomic E-state index is 0.0112. The van der Waals surface area contributed by atoms with Gasteiger partial charge in [0.2, 0.25) is 6.10 Å². The number of anilines is 1. The van der Waals surface area contributed by atoms with Crippen LogP contribution in [-0.2, 0) is 11.3 Å². The molecule has 0 amide bonds. The lowest BCUT2D eigenvalue weighted by Gasteiger charge is -2.23. The molecule has 0 saturated heterocycles. The molecule has 0 fully saturated rings. The van der Waals surface area contributed by atoms with Crippen molar-refractivity contribution in [1.82, 2.24) is 0 Å². The second kappa shape index (κ2) is 5.46. The van der Waals surface area contributed by atoms with Gasteiger partial charge in [0.15, 0.2) is 0 Å². The van der Waals surface area contributed by atoms with E-state index in [1.807, 2.05) is 0 Å². The Morgan fingerprint density at radius 1 is 1.11 bits per heavy atom. The summed E-state index contributed by atoms with van der Waals surface area (Å²) >= 11 is 5.54. The summed E-state index contributed by atoms with van der Waals surface area (Å²) in [6.45, 7) is -0.924. The third-order valence-electron chi connectivity index (χ3n) is 2.11. The Bertz CT molecular complexity index is 431. The molecule has 0 saturated carbocycles. The van der Waals surface area contributed by atoms with E-state index in [1.54, 1.807) is 0 Å². The van der Waals surface area contributed by atoms with Gasteiger partial charge in [0.25, 0.3) is 0 Å². The topological polar surface area (TPSA) is 35.2 Å². The van der Waals surface area contributed by atoms with Gasteiger partial charge in [-0.2, -0.15) is 26.3 Å². The fraction of sp³-hybridized carbons (Fsp3) is 0.400. The lowest BCUT2D eigenvalue weighted by molar-refractivity contribution is -0.324. The van der Waals surface area contributed by atoms with Gasteiger partial charge in [0.05, 0.1) is 6.61 Å². The van der Waals surface area contributed by atoms with Crippen molar-refractivity contribution < 1.29 is 31.1 Å². The number of hydrogen-bond donors (Lipinski definition) is 1. The molecule has 0 unspecified atom stereocenters. The van der Waals surface area contributed by atoms with Gasteiger partial charge in [-0.3, -0.25) is 0 Å². The number of rotatable bonds is 3. The molecule has 108 valence electrons. The number of hydrogen-bond acceptors (Lipinski definition) is 2. The van der Waals surface area contributed by atoms with Crippen LogP contribution >= 0.6 is 11.6 Å². The second-order valence-corrected chi connectivity index (χ2v) is 4.05. The van der Waals surface area contributed by atoms with Crippen molar-refractivity contribution in [3.63, 3.8) is 0 Å². The largest absolute Gasteiger partial charge is 0.423 e. The highest BCUT2D eigenvalue weighted by Crippen LogP contribution is 2.36. The molecule has 0 spiro atoms. The Balaban J connectivity index is 2.83. The van der Waals surface area contributed by atoms with Gasteiger partial charge in [-0.15, -0.1) is 0 Å². The van der Waals surface area contributed by atoms with Gasteiger partial charge in [0, 0.05) is 16.3 Å². The van der Waals surface area contributed by atoms with Crippen LogP contribution in [0.1, 0.15) is 5.56 Å². The summed E-state index contributed by atoms with van der Waals surface area (Å²) in [6.07, 6.45) is -14.9. The fourth-order valence-electron chi connectivity index (χ4n) is 1.24. The van der Waals surface area contributed by atoms with E-state index < -0.39 is 25.1 Å². The van der Waals surface area contributed by atoms with Crippen molar-refractivity contribution in [2.75, 3.05) is 5.73 Å². The van der Waals surface area contributed by atoms with Crippen molar-refractivity contribution in [3.8, 4) is 0 Å². The molecule has 0 aliphatic rings. The van der Waals surface area contributed by atoms with Crippen LogP contribution in [0.5, 0.6) is 0 Å². The van der Waals surface area contributed by atoms with Gasteiger partial charge < -0.3 is 10.5 Å². The standard InChI is InChI=1S/C10H8ClF6NO/c11-6-2-1-5(7(18)3-6)4-19-8(9(12,13)14)10(15,16)17/h1-3,8H,4,18H2. The van der Waals surface area contributed by atoms with Gasteiger partial charge in [-0.25, -0.2) is 0 Å². The number of nitrogens with two attached hydrogens (primary N) is 1. The molecule has 2 nitrogen and oxygen atoms in total. The first-order valence-corrected chi connectivity index (χ1v) is 5.18. The molecule has 1 aromatic rings. The SMILES string of the molecule is Nc1cc(Cl)ccc1COC(C(F)(F)F)C(F)(F)F. The molecular formula is C10H8ClF6NO. The summed E-state index contributed by atoms with van der Waals surface area (Å²) in [5.41, 5.74) is 5.34. The van der Waals surface area contributed by atoms with Crippen LogP contribution in [0.25, 0.3) is 0 Å². The minimum Gasteiger partial charge on any atom is -0.398 e. The summed E-state index contributed by atoms with van der Waals surface area (Å²) in [7, 11) is 0. The van der Waals surface area contributed by atoms with E-state index in [1.165, 1.54) is 18.2 Å². The quantitative estimate of drug-likeness (QED) is 0.678. The first kappa shape index (κ1) is 15.9. The summed E-state index contributed by atoms with van der Waals surface area (Å²) in [6, 6.07) is 3.69. The lowest BCUT2D eigenvalue weighted by atomic mass is 10.2. The predicted octanol–water partition coefficient (Wildman–Crippen LogP) is 3.93. The fourth-order valence-corrected chi connectivity index (χ4v) is 1.43. The summed E-state index contributed by atoms with van der Waals surface area (Å²) in [5.74, 6) is 0. The molecular weight excluding hydrogens is 300 g/mol. The van der Waals surface area contributed by atoms with Crippen LogP contribution in [0.2, 0.25) is 5.02 Å². The van der Waals surface area contributed by atoms with Crippen LogP contribution in [-0.4, -0.2) is 18.5 Å². The van der Waals surface area contributed by atoms with Crippen LogP contribution in [0.3, 0.4) is 0 Å². The molecule has 2 N–H and O–H groups in total. The normalized spacial score (nSPS) is 13.1. The van der Waals surface area contributed by atoms with Gasteiger partial charge in [-0.05, 0) is 12.1 Å². The molecule has 0 radical (unpaired) electrons. The molecule has 0 heterocycles. The Hall–Kier alpha value is -1.15. The highest BCUT2D eigenvalue weighted by atomic mass is 35.5. The van der Waals surface area contributed by atoms with Gasteiger partial charge >= 0.3 is 12.4 Å². The van der Waals surface area contributed by atoms with Gasteiger partial charge in [0.1, 0.15) is 0 Å². The van der Waals surface area contributed by atoms with Crippen molar-refractivity contribution in [3.05, 3.63) is 28.8 Å². The van der Waals surface area contributed by atoms with Crippen LogP contribution in [0.15, 0.2) is 18.2 Å². The van der Waals surface area contributed by atoms with E-state index in [-0.39, 0.29) is 16.3 Å². The molecule has 1 rings (SSSR count). The van der Waals surface area contributed by atoms with Crippen LogP contribution in [0.4, 0.5) is 32.0 Å². The van der Waals surface area contributed by atoms with E-state index >= 15 is 0 Å². The number of ether oxygens (including phenoxy) is 1. The van der Waals surface area contributed by atoms with Crippen molar-refractivity contribution >= 4 is 17.3 Å². The third kappa shape index (κ3) is 4.46. The first-order valence-electron chi connectivity index (χ1n) is 4.80. The van der Waals surface area contributed by atoms with Crippen LogP contribution < -0.4 is 5.73 Å². The second-order valence-electron chi connectivity index (χ2n) is 3.62. The van der Waals surface area contributed by atoms with Crippen LogP contribution in [0, 0.1) is 0 Å². The van der Waals surface area contributed by atoms with Crippen molar-refractivity contribution in [1.29, 1.82) is 0 Å². The zero-order chi connectivity index (χ0) is 14.8. The monoisotopic (exact) mass is 307 g/mol. The maximum Gasteiger partial charge on any atom is 0.423 e. The minimum atomic E-state index is -5.54. The van der Waals surface area contributed by atoms with E-state index in [0.29, 0.717) is 0 Å². The number of nitrogen functional groups attached to an aromatic ring is 1. The molecule has 0 aromatic heterocycles. The molecule has 9 heteroatoms. The van der Waals surface area contributed by atoms with E-state index in [2.05, 4.69) is 4.74 Å². The lowest BCUT2D eigenvalue weighted by Crippen LogP contribution is -2.44. The maximum absolute atomic E-state index is 12.2. The molecule has 1 aromatic carbocycles. The van der Waals surface area contributed by atoms with Gasteiger partial charge in [-0.1, -0.05) is 17.7 Å². The summed E-state index contributed by atoms with van der Waals surface area (Å²) in [4.78, 5) is 0. The third-order valence-corrected chi connectivity index (χ3v) is 2.34. The van der Waals surface area contributed by atoms with Crippen molar-refractivity contribution in [2.45, 2.75) is 25.1 Å². The van der Waals surface area contributed by atoms with E-state index in [4.69, 9.17) is 17.3 Å². The molecule has 0 bridgehead atoms. The average Bonchev–Trinajstić information content (AvgIpc) is 2.17. The number of alkyl halides is 6. The Kier molecular flexibility index (Phi) is 4.57. The average molecular weight is 308 g/mol. The first-order chi connectivity index (χ1) is 8.51. The smallest absolute Gasteiger partial charge is 0.398 e. The molecule has 0 atom stereocenters. The number of halogens is 7. The Morgan fingerprint density at radius 2 is 1.63 bits per heavy atom. The molecule has 0 aliphatic heterocycles. The predicted molar refractivity (Wildman–Crippen MR) is 56.6 cm³/mol. The molecule has 0 aliphatic carbocycles. The highest BCUT2D eigenvalue weighted by Gasteiger charge is 2.57. The van der Waals surface area contributed by atoms with Crippen molar-refractivity contribution in [2.24, 2.45) is 0 Å². The number of benzene rings is 1. The van der Waals surface area contributed by atoms with E-state index in [9.17, 15) is 26.3 Å². The zero-order valence-electron chi connectivity index (χ0n) is 9.15. The zero-order valence-corrected chi connectivity index (χ0v) is 9.90. The Morgan fingerprint density at radius 3 is 2.05 bits per heavy atom. The molecule has 19 heavy (non-hydrogen) atoms. The summed E-state index contributed by atoms with van der Waals surface area (Å²) in [5, 5.41) is 0.212. The maximum atomic E-state index is 12.2. The Labute approximate surface area is 109 Å².